The Morgan fingerprint density at radius 1 is 1.89 bits per heavy atom. The van der Waals surface area contributed by atoms with E-state index in [1.807, 2.05) is 6.92 Å². The maximum absolute atomic E-state index is 10.2. The number of ether oxygens (including phenoxy) is 1. The van der Waals surface area contributed by atoms with Crippen LogP contribution in [-0.4, -0.2) is 18.7 Å². The summed E-state index contributed by atoms with van der Waals surface area (Å²) in [5.74, 6) is 0. The second kappa shape index (κ2) is 3.81. The molecule has 1 fully saturated rings. The van der Waals surface area contributed by atoms with Crippen molar-refractivity contribution in [2.24, 2.45) is 0 Å². The molecule has 1 amide bonds. The first-order chi connectivity index (χ1) is 3.83. The van der Waals surface area contributed by atoms with Gasteiger partial charge in [0.2, 0.25) is 6.09 Å². The fourth-order valence-corrected chi connectivity index (χ4v) is 0.600. The zero-order chi connectivity index (χ0) is 5.98. The van der Waals surface area contributed by atoms with Crippen molar-refractivity contribution in [3.63, 3.8) is 0 Å². The molecule has 0 N–H and O–H groups in total. The predicted molar refractivity (Wildman–Crippen MR) is 28.8 cm³/mol. The van der Waals surface area contributed by atoms with Gasteiger partial charge in [-0.1, -0.05) is 19.4 Å². The van der Waals surface area contributed by atoms with Crippen LogP contribution in [0.1, 0.15) is 13.3 Å². The van der Waals surface area contributed by atoms with Crippen LogP contribution >= 0.6 is 0 Å². The van der Waals surface area contributed by atoms with Crippen LogP contribution in [0.5, 0.6) is 0 Å². The van der Waals surface area contributed by atoms with E-state index in [4.69, 9.17) is 0 Å². The summed E-state index contributed by atoms with van der Waals surface area (Å²) < 4.78 is 4.55. The topological polar surface area (TPSA) is 40.4 Å². The fourth-order valence-electron chi connectivity index (χ4n) is 0.600. The first-order valence-electron chi connectivity index (χ1n) is 2.70. The third-order valence-electron chi connectivity index (χ3n) is 1.16. The van der Waals surface area contributed by atoms with Crippen LogP contribution in [-0.2, 0) is 4.74 Å². The van der Waals surface area contributed by atoms with E-state index in [2.05, 4.69) is 10.1 Å². The minimum Gasteiger partial charge on any atom is -0.612 e. The van der Waals surface area contributed by atoms with Crippen molar-refractivity contribution in [1.82, 2.24) is 0 Å². The Labute approximate surface area is 66.3 Å². The molecule has 1 heterocycles. The number of rotatable bonds is 1. The van der Waals surface area contributed by atoms with Crippen molar-refractivity contribution in [1.29, 1.82) is 0 Å². The van der Waals surface area contributed by atoms with E-state index in [0.29, 0.717) is 6.61 Å². The van der Waals surface area contributed by atoms with Gasteiger partial charge in [-0.05, 0) is 0 Å². The predicted octanol–water partition coefficient (Wildman–Crippen LogP) is -1.71. The molecule has 4 heteroatoms. The van der Waals surface area contributed by atoms with Gasteiger partial charge in [-0.2, -0.15) is 0 Å². The maximum Gasteiger partial charge on any atom is 1.00 e. The Hall–Kier alpha value is -0.133. The number of amides is 1. The summed E-state index contributed by atoms with van der Waals surface area (Å²) >= 11 is 0. The number of hydrogen-bond acceptors (Lipinski definition) is 2. The maximum atomic E-state index is 10.2. The minimum absolute atomic E-state index is 0. The van der Waals surface area contributed by atoms with Crippen molar-refractivity contribution in [3.05, 3.63) is 5.32 Å². The molecule has 0 saturated carbocycles. The summed E-state index contributed by atoms with van der Waals surface area (Å²) in [6.07, 6.45) is 0.489. The molecule has 1 rings (SSSR count). The van der Waals surface area contributed by atoms with Gasteiger partial charge in [0.15, 0.2) is 0 Å². The first-order valence-corrected chi connectivity index (χ1v) is 2.70. The Kier molecular flexibility index (Phi) is 3.75. The van der Waals surface area contributed by atoms with E-state index in [0.717, 1.165) is 6.42 Å². The van der Waals surface area contributed by atoms with Crippen LogP contribution in [0.3, 0.4) is 0 Å². The van der Waals surface area contributed by atoms with Gasteiger partial charge in [0, 0.05) is 0 Å². The second-order valence-electron chi connectivity index (χ2n) is 1.77. The van der Waals surface area contributed by atoms with Crippen molar-refractivity contribution < 1.29 is 28.4 Å². The standard InChI is InChI=1S/C5H9NO2.Li/c1-2-4-3-8-5(7)6-4;/h4H,2-3H2,1H3,(H,6,7);/q;+1/p-1/t4-;/m0./s1. The average Bonchev–Trinajstić information content (AvgIpc) is 2.14. The van der Waals surface area contributed by atoms with Gasteiger partial charge >= 0.3 is 18.9 Å². The number of nitrogens with zero attached hydrogens (tertiary/aromatic N) is 1. The van der Waals surface area contributed by atoms with Crippen LogP contribution in [0.4, 0.5) is 4.79 Å². The molecule has 9 heavy (non-hydrogen) atoms. The SMILES string of the molecule is CC[C@H]1COC(=O)[N-]1.[Li+]. The van der Waals surface area contributed by atoms with Gasteiger partial charge in [-0.3, -0.25) is 4.79 Å². The molecule has 3 nitrogen and oxygen atoms in total. The van der Waals surface area contributed by atoms with Gasteiger partial charge in [0.25, 0.3) is 0 Å². The molecule has 0 aromatic rings. The summed E-state index contributed by atoms with van der Waals surface area (Å²) in [6.45, 7) is 2.46. The van der Waals surface area contributed by atoms with Gasteiger partial charge in [0.05, 0.1) is 6.61 Å². The van der Waals surface area contributed by atoms with E-state index in [1.165, 1.54) is 0 Å². The fraction of sp³-hybridized carbons (Fsp3) is 0.800. The van der Waals surface area contributed by atoms with Crippen LogP contribution in [0, 0.1) is 0 Å². The third-order valence-corrected chi connectivity index (χ3v) is 1.16. The number of cyclic esters (lactones) is 1. The molecule has 1 aliphatic rings. The molecule has 0 unspecified atom stereocenters. The summed E-state index contributed by atoms with van der Waals surface area (Å²) in [4.78, 5) is 10.2. The molecular weight excluding hydrogens is 113 g/mol. The zero-order valence-electron chi connectivity index (χ0n) is 5.76. The Morgan fingerprint density at radius 2 is 2.56 bits per heavy atom. The molecule has 0 radical (unpaired) electrons. The molecule has 0 bridgehead atoms. The van der Waals surface area contributed by atoms with Gasteiger partial charge < -0.3 is 10.1 Å². The van der Waals surface area contributed by atoms with Crippen LogP contribution in [0.15, 0.2) is 0 Å². The summed E-state index contributed by atoms with van der Waals surface area (Å²) in [5, 5.41) is 3.65. The quantitative estimate of drug-likeness (QED) is 0.388. The summed E-state index contributed by atoms with van der Waals surface area (Å²) in [6, 6.07) is 0.127. The van der Waals surface area contributed by atoms with Crippen LogP contribution < -0.4 is 18.9 Å². The number of carbonyl (C=O) groups is 1. The molecule has 0 aromatic carbocycles. The summed E-state index contributed by atoms with van der Waals surface area (Å²) in [7, 11) is 0. The summed E-state index contributed by atoms with van der Waals surface area (Å²) in [5.41, 5.74) is 0. The van der Waals surface area contributed by atoms with Gasteiger partial charge in [-0.15, -0.1) is 0 Å². The minimum atomic E-state index is -0.406. The molecule has 1 atom stereocenters. The second-order valence-corrected chi connectivity index (χ2v) is 1.77. The first kappa shape index (κ1) is 8.87. The Morgan fingerprint density at radius 3 is 2.78 bits per heavy atom. The third kappa shape index (κ3) is 2.29. The Bertz CT molecular complexity index is 107. The van der Waals surface area contributed by atoms with Crippen molar-refractivity contribution in [3.8, 4) is 0 Å². The van der Waals surface area contributed by atoms with E-state index in [-0.39, 0.29) is 24.9 Å². The molecule has 46 valence electrons. The van der Waals surface area contributed by atoms with Crippen molar-refractivity contribution in [2.45, 2.75) is 19.4 Å². The van der Waals surface area contributed by atoms with Crippen molar-refractivity contribution >= 4 is 6.09 Å². The van der Waals surface area contributed by atoms with Gasteiger partial charge in [0.1, 0.15) is 0 Å². The monoisotopic (exact) mass is 121 g/mol. The average molecular weight is 121 g/mol. The van der Waals surface area contributed by atoms with Crippen molar-refractivity contribution in [2.75, 3.05) is 6.61 Å². The Balaban J connectivity index is 0.000000640. The van der Waals surface area contributed by atoms with Crippen LogP contribution in [0.25, 0.3) is 5.32 Å². The molecule has 1 saturated heterocycles. The molecule has 1 aliphatic heterocycles. The van der Waals surface area contributed by atoms with E-state index in [1.54, 1.807) is 0 Å². The number of hydrogen-bond donors (Lipinski definition) is 0. The van der Waals surface area contributed by atoms with Crippen LogP contribution in [0.2, 0.25) is 0 Å². The van der Waals surface area contributed by atoms with E-state index >= 15 is 0 Å². The smallest absolute Gasteiger partial charge is 0.612 e. The zero-order valence-corrected chi connectivity index (χ0v) is 5.76. The molecule has 0 aromatic heterocycles. The van der Waals surface area contributed by atoms with Gasteiger partial charge in [-0.25, -0.2) is 0 Å². The normalized spacial score (nSPS) is 24.1. The molecular formula is C5H8LiNO2. The molecule has 0 spiro atoms. The van der Waals surface area contributed by atoms with E-state index < -0.39 is 6.09 Å². The number of carbonyl (C=O) groups excluding carboxylic acids is 1. The van der Waals surface area contributed by atoms with E-state index in [9.17, 15) is 4.79 Å². The molecule has 0 aliphatic carbocycles. The largest absolute Gasteiger partial charge is 1.00 e.